The van der Waals surface area contributed by atoms with E-state index in [2.05, 4.69) is 0 Å². The van der Waals surface area contributed by atoms with Crippen molar-refractivity contribution >= 4 is 8.07 Å². The largest absolute Gasteiger partial charge is 0.333 e. The van der Waals surface area contributed by atoms with Crippen LogP contribution >= 0.6 is 0 Å². The highest BCUT2D eigenvalue weighted by atomic mass is 28.3. The zero-order valence-electron chi connectivity index (χ0n) is 8.48. The molecule has 1 nitrogen and oxygen atoms in total. The molecule has 0 aliphatic carbocycles. The molecule has 14 heavy (non-hydrogen) atoms. The van der Waals surface area contributed by atoms with Crippen LogP contribution in [0, 0.1) is 11.6 Å². The van der Waals surface area contributed by atoms with Gasteiger partial charge in [-0.25, -0.2) is 8.78 Å². The Bertz CT molecular complexity index is 306. The summed E-state index contributed by atoms with van der Waals surface area (Å²) in [6.07, 6.45) is 0.542. The summed E-state index contributed by atoms with van der Waals surface area (Å²) in [6, 6.07) is 4.42. The van der Waals surface area contributed by atoms with Crippen molar-refractivity contribution in [1.29, 1.82) is 0 Å². The highest BCUT2D eigenvalue weighted by molar-refractivity contribution is 6.77. The molecule has 2 N–H and O–H groups in total. The summed E-state index contributed by atoms with van der Waals surface area (Å²) in [4.78, 5) is 0. The minimum atomic E-state index is -1.68. The summed E-state index contributed by atoms with van der Waals surface area (Å²) < 4.78 is 26.5. The van der Waals surface area contributed by atoms with Crippen molar-refractivity contribution < 1.29 is 8.78 Å². The van der Waals surface area contributed by atoms with E-state index in [4.69, 9.17) is 5.73 Å². The van der Waals surface area contributed by atoms with E-state index in [1.807, 2.05) is 13.1 Å². The van der Waals surface area contributed by atoms with Gasteiger partial charge in [-0.1, -0.05) is 19.2 Å². The standard InChI is InChI=1S/C10H15F2NSi/c1-14(2,7-13)6-8-9(11)4-3-5-10(8)12/h3-5H,6-7,13H2,1-2H3. The van der Waals surface area contributed by atoms with Gasteiger partial charge in [-0.15, -0.1) is 0 Å². The molecule has 0 aliphatic heterocycles. The van der Waals surface area contributed by atoms with E-state index in [1.165, 1.54) is 18.2 Å². The summed E-state index contributed by atoms with van der Waals surface area (Å²) in [5, 5.41) is 0. The summed E-state index contributed by atoms with van der Waals surface area (Å²) in [7, 11) is -1.68. The van der Waals surface area contributed by atoms with E-state index >= 15 is 0 Å². The molecule has 0 bridgehead atoms. The smallest absolute Gasteiger partial charge is 0.129 e. The lowest BCUT2D eigenvalue weighted by Gasteiger charge is -2.20. The molecule has 1 aromatic carbocycles. The van der Waals surface area contributed by atoms with Gasteiger partial charge in [0.15, 0.2) is 0 Å². The molecule has 0 fully saturated rings. The quantitative estimate of drug-likeness (QED) is 0.769. The average molecular weight is 215 g/mol. The van der Waals surface area contributed by atoms with Crippen LogP contribution in [0.4, 0.5) is 8.78 Å². The lowest BCUT2D eigenvalue weighted by Crippen LogP contribution is -2.39. The molecule has 0 aliphatic rings. The molecular weight excluding hydrogens is 200 g/mol. The molecule has 0 radical (unpaired) electrons. The second-order valence-corrected chi connectivity index (χ2v) is 9.34. The fraction of sp³-hybridized carbons (Fsp3) is 0.400. The lowest BCUT2D eigenvalue weighted by atomic mass is 10.2. The maximum absolute atomic E-state index is 13.3. The molecule has 0 amide bonds. The van der Waals surface area contributed by atoms with Crippen LogP contribution in [0.1, 0.15) is 5.56 Å². The Morgan fingerprint density at radius 2 is 1.71 bits per heavy atom. The van der Waals surface area contributed by atoms with Gasteiger partial charge in [0.25, 0.3) is 0 Å². The molecule has 0 atom stereocenters. The number of nitrogens with two attached hydrogens (primary N) is 1. The Morgan fingerprint density at radius 3 is 2.14 bits per heavy atom. The third-order valence-electron chi connectivity index (χ3n) is 2.27. The molecule has 1 rings (SSSR count). The Kier molecular flexibility index (Phi) is 3.39. The predicted octanol–water partition coefficient (Wildman–Crippen LogP) is 2.25. The zero-order valence-corrected chi connectivity index (χ0v) is 9.48. The lowest BCUT2D eigenvalue weighted by molar-refractivity contribution is 0.564. The normalized spacial score (nSPS) is 11.8. The maximum atomic E-state index is 13.3. The molecule has 0 spiro atoms. The Balaban J connectivity index is 2.97. The highest BCUT2D eigenvalue weighted by Gasteiger charge is 2.22. The van der Waals surface area contributed by atoms with Crippen LogP contribution < -0.4 is 5.73 Å². The van der Waals surface area contributed by atoms with Crippen molar-refractivity contribution in [2.75, 3.05) is 6.17 Å². The summed E-state index contributed by atoms with van der Waals surface area (Å²) in [5.74, 6) is -0.918. The first kappa shape index (κ1) is 11.3. The molecule has 0 saturated carbocycles. The molecule has 0 unspecified atom stereocenters. The van der Waals surface area contributed by atoms with Crippen LogP contribution in [0.15, 0.2) is 18.2 Å². The van der Waals surface area contributed by atoms with Crippen molar-refractivity contribution in [3.63, 3.8) is 0 Å². The van der Waals surface area contributed by atoms with E-state index < -0.39 is 19.7 Å². The molecule has 4 heteroatoms. The first-order valence-electron chi connectivity index (χ1n) is 4.59. The average Bonchev–Trinajstić information content (AvgIpc) is 2.12. The zero-order chi connectivity index (χ0) is 10.8. The van der Waals surface area contributed by atoms with Gasteiger partial charge in [0, 0.05) is 5.56 Å². The number of benzene rings is 1. The minimum Gasteiger partial charge on any atom is -0.333 e. The van der Waals surface area contributed by atoms with Crippen LogP contribution in [0.5, 0.6) is 0 Å². The molecule has 1 aromatic rings. The summed E-state index contributed by atoms with van der Waals surface area (Å²) in [5.41, 5.74) is 5.76. The topological polar surface area (TPSA) is 26.0 Å². The number of rotatable bonds is 3. The predicted molar refractivity (Wildman–Crippen MR) is 56.6 cm³/mol. The monoisotopic (exact) mass is 215 g/mol. The van der Waals surface area contributed by atoms with Gasteiger partial charge in [-0.2, -0.15) is 0 Å². The SMILES string of the molecule is C[Si](C)(CN)Cc1c(F)cccc1F. The molecule has 0 saturated heterocycles. The van der Waals surface area contributed by atoms with E-state index in [0.29, 0.717) is 12.2 Å². The number of hydrogen-bond donors (Lipinski definition) is 1. The van der Waals surface area contributed by atoms with Gasteiger partial charge in [-0.05, 0) is 24.3 Å². The molecular formula is C10H15F2NSi. The molecule has 0 heterocycles. The van der Waals surface area contributed by atoms with Gasteiger partial charge < -0.3 is 5.73 Å². The van der Waals surface area contributed by atoms with Crippen molar-refractivity contribution in [2.45, 2.75) is 19.1 Å². The Hall–Kier alpha value is -0.743. The van der Waals surface area contributed by atoms with Gasteiger partial charge in [0.1, 0.15) is 11.6 Å². The van der Waals surface area contributed by atoms with Gasteiger partial charge in [-0.3, -0.25) is 0 Å². The third-order valence-corrected chi connectivity index (χ3v) is 4.69. The second-order valence-electron chi connectivity index (χ2n) is 4.25. The van der Waals surface area contributed by atoms with Crippen molar-refractivity contribution in [1.82, 2.24) is 0 Å². The summed E-state index contributed by atoms with van der Waals surface area (Å²) >= 11 is 0. The van der Waals surface area contributed by atoms with E-state index in [1.54, 1.807) is 0 Å². The van der Waals surface area contributed by atoms with Gasteiger partial charge in [0.2, 0.25) is 0 Å². The van der Waals surface area contributed by atoms with Gasteiger partial charge >= 0.3 is 0 Å². The first-order chi connectivity index (χ1) is 6.46. The third kappa shape index (κ3) is 2.62. The molecule has 78 valence electrons. The van der Waals surface area contributed by atoms with Gasteiger partial charge in [0.05, 0.1) is 8.07 Å². The highest BCUT2D eigenvalue weighted by Crippen LogP contribution is 2.17. The van der Waals surface area contributed by atoms with Crippen molar-refractivity contribution in [3.8, 4) is 0 Å². The van der Waals surface area contributed by atoms with Crippen LogP contribution in [-0.4, -0.2) is 14.2 Å². The van der Waals surface area contributed by atoms with Crippen molar-refractivity contribution in [2.24, 2.45) is 5.73 Å². The maximum Gasteiger partial charge on any atom is 0.129 e. The summed E-state index contributed by atoms with van der Waals surface area (Å²) in [6.45, 7) is 4.05. The van der Waals surface area contributed by atoms with E-state index in [9.17, 15) is 8.78 Å². The molecule has 0 aromatic heterocycles. The number of halogens is 2. The minimum absolute atomic E-state index is 0.189. The Labute approximate surface area is 83.9 Å². The van der Waals surface area contributed by atoms with Crippen LogP contribution in [0.3, 0.4) is 0 Å². The van der Waals surface area contributed by atoms with Crippen LogP contribution in [0.25, 0.3) is 0 Å². The Morgan fingerprint density at radius 1 is 1.21 bits per heavy atom. The van der Waals surface area contributed by atoms with Crippen LogP contribution in [-0.2, 0) is 6.04 Å². The van der Waals surface area contributed by atoms with Crippen molar-refractivity contribution in [3.05, 3.63) is 35.4 Å². The van der Waals surface area contributed by atoms with Crippen LogP contribution in [0.2, 0.25) is 13.1 Å². The second kappa shape index (κ2) is 4.19. The fourth-order valence-corrected chi connectivity index (χ4v) is 2.69. The van der Waals surface area contributed by atoms with E-state index in [-0.39, 0.29) is 5.56 Å². The first-order valence-corrected chi connectivity index (χ1v) is 8.01. The number of hydrogen-bond acceptors (Lipinski definition) is 1. The van der Waals surface area contributed by atoms with E-state index in [0.717, 1.165) is 0 Å². The fourth-order valence-electron chi connectivity index (χ4n) is 1.25.